The molecule has 3 rings (SSSR count). The lowest BCUT2D eigenvalue weighted by Crippen LogP contribution is -2.49. The van der Waals surface area contributed by atoms with E-state index in [2.05, 4.69) is 10.6 Å². The number of hydrogen-bond acceptors (Lipinski definition) is 7. The number of para-hydroxylation sites is 1. The minimum absolute atomic E-state index is 0.00400. The van der Waals surface area contributed by atoms with E-state index in [1.807, 2.05) is 32.9 Å². The van der Waals surface area contributed by atoms with E-state index < -0.39 is 83.5 Å². The summed E-state index contributed by atoms with van der Waals surface area (Å²) in [6.45, 7) is 7.99. The van der Waals surface area contributed by atoms with Crippen LogP contribution in [-0.4, -0.2) is 66.7 Å². The van der Waals surface area contributed by atoms with Gasteiger partial charge in [-0.15, -0.1) is 0 Å². The molecule has 0 aliphatic carbocycles. The van der Waals surface area contributed by atoms with Gasteiger partial charge >= 0.3 is 17.8 Å². The number of amides is 3. The smallest absolute Gasteiger partial charge is 0.313 e. The zero-order valence-electron chi connectivity index (χ0n) is 27.3. The fourth-order valence-electron chi connectivity index (χ4n) is 4.74. The van der Waals surface area contributed by atoms with Gasteiger partial charge in [0, 0.05) is 24.8 Å². The number of anilines is 1. The molecule has 0 radical (unpaired) electrons. The molecule has 2 N–H and O–H groups in total. The molecular formula is C34H39F4N3O7. The molecule has 0 spiro atoms. The number of carbonyl (C=O) groups is 5. The molecule has 10 nitrogen and oxygen atoms in total. The van der Waals surface area contributed by atoms with Crippen LogP contribution in [0.5, 0.6) is 5.75 Å². The Kier molecular flexibility index (Phi) is 12.9. The molecule has 2 aromatic carbocycles. The average molecular weight is 678 g/mol. The fraction of sp³-hybridized carbons (Fsp3) is 0.441. The summed E-state index contributed by atoms with van der Waals surface area (Å²) in [5.74, 6) is -14.4. The van der Waals surface area contributed by atoms with Gasteiger partial charge in [0.15, 0.2) is 23.2 Å². The summed E-state index contributed by atoms with van der Waals surface area (Å²) in [5.41, 5.74) is 0.924. The molecule has 0 aromatic heterocycles. The summed E-state index contributed by atoms with van der Waals surface area (Å²) in [5, 5.41) is 5.04. The average Bonchev–Trinajstić information content (AvgIpc) is 3.28. The number of esters is 1. The summed E-state index contributed by atoms with van der Waals surface area (Å²) in [6, 6.07) is 5.36. The Morgan fingerprint density at radius 2 is 1.62 bits per heavy atom. The predicted molar refractivity (Wildman–Crippen MR) is 167 cm³/mol. The largest absolute Gasteiger partial charge is 0.479 e. The zero-order chi connectivity index (χ0) is 35.8. The SMILES string of the molecule is CC(C)COC(=O)C[C@H](NC(=O)[C@@H]1CC=CCN(C(=O)C(=O)Nc2ccccc2C(C)(C)C)C1)C(=O)COc1c(F)c(F)cc(F)c1F. The molecule has 0 unspecified atom stereocenters. The first-order chi connectivity index (χ1) is 22.5. The number of hydrogen-bond donors (Lipinski definition) is 2. The van der Waals surface area contributed by atoms with Crippen LogP contribution in [0.1, 0.15) is 53.0 Å². The predicted octanol–water partition coefficient (Wildman–Crippen LogP) is 4.61. The van der Waals surface area contributed by atoms with Gasteiger partial charge in [-0.1, -0.05) is 65.0 Å². The van der Waals surface area contributed by atoms with Crippen LogP contribution in [0.3, 0.4) is 0 Å². The minimum Gasteiger partial charge on any atom is -0.479 e. The topological polar surface area (TPSA) is 131 Å². The highest BCUT2D eigenvalue weighted by Crippen LogP contribution is 2.29. The lowest BCUT2D eigenvalue weighted by atomic mass is 9.86. The van der Waals surface area contributed by atoms with Crippen LogP contribution in [-0.2, 0) is 34.1 Å². The highest BCUT2D eigenvalue weighted by Gasteiger charge is 2.33. The molecule has 0 fully saturated rings. The van der Waals surface area contributed by atoms with E-state index >= 15 is 0 Å². The van der Waals surface area contributed by atoms with Crippen LogP contribution in [0.4, 0.5) is 23.2 Å². The van der Waals surface area contributed by atoms with Gasteiger partial charge in [-0.05, 0) is 29.4 Å². The second kappa shape index (κ2) is 16.4. The number of nitrogens with one attached hydrogen (secondary N) is 2. The van der Waals surface area contributed by atoms with Crippen LogP contribution in [0.25, 0.3) is 0 Å². The number of benzene rings is 2. The number of carbonyl (C=O) groups excluding carboxylic acids is 5. The number of ketones is 1. The van der Waals surface area contributed by atoms with E-state index in [0.29, 0.717) is 5.69 Å². The summed E-state index contributed by atoms with van der Waals surface area (Å²) < 4.78 is 65.3. The van der Waals surface area contributed by atoms with Gasteiger partial charge in [0.25, 0.3) is 0 Å². The van der Waals surface area contributed by atoms with Crippen LogP contribution >= 0.6 is 0 Å². The van der Waals surface area contributed by atoms with Gasteiger partial charge in [-0.25, -0.2) is 8.78 Å². The second-order valence-corrected chi connectivity index (χ2v) is 12.8. The van der Waals surface area contributed by atoms with Gasteiger partial charge in [-0.3, -0.25) is 24.0 Å². The minimum atomic E-state index is -1.88. The van der Waals surface area contributed by atoms with E-state index in [1.165, 1.54) is 0 Å². The standard InChI is InChI=1S/C34H39F4N3O7/c1-19(2)17-47-27(43)15-25(26(42)18-48-30-28(37)22(35)14-23(36)29(30)38)40-31(44)20-10-8-9-13-41(16-20)33(46)32(45)39-24-12-7-6-11-21(24)34(3,4)5/h6-9,11-12,14,19-20,25H,10,13,15-18H2,1-5H3,(H,39,45)(H,40,44)/t20-,25+/m1/s1. The molecule has 0 bridgehead atoms. The van der Waals surface area contributed by atoms with Crippen molar-refractivity contribution in [3.63, 3.8) is 0 Å². The highest BCUT2D eigenvalue weighted by molar-refractivity contribution is 6.39. The number of halogens is 4. The Labute approximate surface area is 275 Å². The van der Waals surface area contributed by atoms with Crippen molar-refractivity contribution in [2.45, 2.75) is 58.9 Å². The molecule has 2 aromatic rings. The Morgan fingerprint density at radius 1 is 0.979 bits per heavy atom. The molecule has 260 valence electrons. The highest BCUT2D eigenvalue weighted by atomic mass is 19.2. The molecule has 14 heteroatoms. The summed E-state index contributed by atoms with van der Waals surface area (Å²) in [4.78, 5) is 66.4. The van der Waals surface area contributed by atoms with Crippen LogP contribution < -0.4 is 15.4 Å². The first-order valence-corrected chi connectivity index (χ1v) is 15.3. The lowest BCUT2D eigenvalue weighted by molar-refractivity contribution is -0.147. The van der Waals surface area contributed by atoms with Gasteiger partial charge in [0.1, 0.15) is 12.6 Å². The maximum absolute atomic E-state index is 14.1. The van der Waals surface area contributed by atoms with Crippen molar-refractivity contribution in [2.24, 2.45) is 11.8 Å². The Morgan fingerprint density at radius 3 is 2.25 bits per heavy atom. The van der Waals surface area contributed by atoms with Crippen LogP contribution in [0.2, 0.25) is 0 Å². The lowest BCUT2D eigenvalue weighted by Gasteiger charge is -2.26. The van der Waals surface area contributed by atoms with Crippen molar-refractivity contribution in [3.05, 3.63) is 71.3 Å². The molecule has 1 aliphatic heterocycles. The third kappa shape index (κ3) is 10.1. The Balaban J connectivity index is 1.75. The maximum Gasteiger partial charge on any atom is 0.313 e. The van der Waals surface area contributed by atoms with Crippen molar-refractivity contribution in [1.29, 1.82) is 0 Å². The molecule has 1 heterocycles. The monoisotopic (exact) mass is 677 g/mol. The number of allylic oxidation sites excluding steroid dienone is 1. The Bertz CT molecular complexity index is 1550. The van der Waals surface area contributed by atoms with Crippen molar-refractivity contribution in [2.75, 3.05) is 31.6 Å². The molecule has 1 aliphatic rings. The van der Waals surface area contributed by atoms with Crippen LogP contribution in [0, 0.1) is 35.1 Å². The second-order valence-electron chi connectivity index (χ2n) is 12.8. The van der Waals surface area contributed by atoms with E-state index in [0.717, 1.165) is 10.5 Å². The normalized spacial score (nSPS) is 15.4. The summed E-state index contributed by atoms with van der Waals surface area (Å²) in [6.07, 6.45) is 2.61. The molecule has 0 saturated carbocycles. The summed E-state index contributed by atoms with van der Waals surface area (Å²) in [7, 11) is 0. The van der Waals surface area contributed by atoms with Gasteiger partial charge in [0.2, 0.25) is 17.5 Å². The van der Waals surface area contributed by atoms with Crippen molar-refractivity contribution in [3.8, 4) is 5.75 Å². The van der Waals surface area contributed by atoms with E-state index in [1.54, 1.807) is 38.1 Å². The first-order valence-electron chi connectivity index (χ1n) is 15.3. The van der Waals surface area contributed by atoms with Gasteiger partial charge < -0.3 is 25.0 Å². The van der Waals surface area contributed by atoms with E-state index in [9.17, 15) is 41.5 Å². The van der Waals surface area contributed by atoms with Crippen molar-refractivity contribution in [1.82, 2.24) is 10.2 Å². The fourth-order valence-corrected chi connectivity index (χ4v) is 4.74. The molecule has 48 heavy (non-hydrogen) atoms. The molecule has 3 amide bonds. The van der Waals surface area contributed by atoms with Crippen molar-refractivity contribution < 1.29 is 51.0 Å². The number of rotatable bonds is 11. The molecule has 2 atom stereocenters. The maximum atomic E-state index is 14.1. The number of ether oxygens (including phenoxy) is 2. The van der Waals surface area contributed by atoms with Crippen LogP contribution in [0.15, 0.2) is 42.5 Å². The van der Waals surface area contributed by atoms with Gasteiger partial charge in [-0.2, -0.15) is 8.78 Å². The summed E-state index contributed by atoms with van der Waals surface area (Å²) >= 11 is 0. The third-order valence-electron chi connectivity index (χ3n) is 7.27. The van der Waals surface area contributed by atoms with E-state index in [4.69, 9.17) is 9.47 Å². The van der Waals surface area contributed by atoms with Gasteiger partial charge in [0.05, 0.1) is 18.9 Å². The molecular weight excluding hydrogens is 638 g/mol. The molecule has 0 saturated heterocycles. The number of nitrogens with zero attached hydrogens (tertiary/aromatic N) is 1. The van der Waals surface area contributed by atoms with E-state index in [-0.39, 0.29) is 43.5 Å². The number of Topliss-reactive ketones (excluding diaryl/α,β-unsaturated/α-hetero) is 1. The first kappa shape index (κ1) is 37.7. The quantitative estimate of drug-likeness (QED) is 0.117. The third-order valence-corrected chi connectivity index (χ3v) is 7.27. The van der Waals surface area contributed by atoms with Crippen molar-refractivity contribution >= 4 is 35.2 Å². The Hall–Kier alpha value is -4.75. The zero-order valence-corrected chi connectivity index (χ0v) is 27.3.